The summed E-state index contributed by atoms with van der Waals surface area (Å²) in [4.78, 5) is 14.4. The maximum atomic E-state index is 12.0. The third kappa shape index (κ3) is 5.26. The van der Waals surface area contributed by atoms with Crippen LogP contribution in [-0.4, -0.2) is 47.2 Å². The van der Waals surface area contributed by atoms with Crippen molar-refractivity contribution in [2.24, 2.45) is 5.41 Å². The van der Waals surface area contributed by atoms with Gasteiger partial charge in [0.1, 0.15) is 0 Å². The van der Waals surface area contributed by atoms with E-state index in [1.807, 2.05) is 0 Å². The van der Waals surface area contributed by atoms with Crippen LogP contribution in [0.4, 0.5) is 0 Å². The van der Waals surface area contributed by atoms with Crippen LogP contribution >= 0.6 is 0 Å². The van der Waals surface area contributed by atoms with Gasteiger partial charge in [0, 0.05) is 31.6 Å². The highest BCUT2D eigenvalue weighted by atomic mass is 16.3. The van der Waals surface area contributed by atoms with Crippen molar-refractivity contribution in [1.82, 2.24) is 10.2 Å². The fourth-order valence-electron chi connectivity index (χ4n) is 3.65. The molecule has 0 spiro atoms. The number of hydrogen-bond acceptors (Lipinski definition) is 3. The Kier molecular flexibility index (Phi) is 5.67. The molecule has 2 aliphatic rings. The van der Waals surface area contributed by atoms with Gasteiger partial charge in [-0.2, -0.15) is 0 Å². The van der Waals surface area contributed by atoms with Crippen LogP contribution < -0.4 is 5.32 Å². The van der Waals surface area contributed by atoms with Gasteiger partial charge in [0.05, 0.1) is 6.10 Å². The molecule has 2 rings (SSSR count). The topological polar surface area (TPSA) is 52.6 Å². The molecule has 1 saturated heterocycles. The monoisotopic (exact) mass is 296 g/mol. The van der Waals surface area contributed by atoms with Crippen molar-refractivity contribution in [3.8, 4) is 0 Å². The highest BCUT2D eigenvalue weighted by Gasteiger charge is 2.31. The quantitative estimate of drug-likeness (QED) is 0.840. The summed E-state index contributed by atoms with van der Waals surface area (Å²) in [5, 5.41) is 13.3. The van der Waals surface area contributed by atoms with E-state index in [2.05, 4.69) is 31.0 Å². The number of nitrogens with zero attached hydrogens (tertiary/aromatic N) is 1. The van der Waals surface area contributed by atoms with E-state index in [1.54, 1.807) is 0 Å². The van der Waals surface area contributed by atoms with E-state index >= 15 is 0 Å². The number of carbonyl (C=O) groups is 1. The second-order valence-electron chi connectivity index (χ2n) is 8.03. The van der Waals surface area contributed by atoms with Crippen molar-refractivity contribution in [2.45, 2.75) is 83.9 Å². The van der Waals surface area contributed by atoms with Crippen molar-refractivity contribution >= 4 is 5.91 Å². The summed E-state index contributed by atoms with van der Waals surface area (Å²) in [6, 6.07) is 0.668. The second kappa shape index (κ2) is 7.10. The maximum absolute atomic E-state index is 12.0. The summed E-state index contributed by atoms with van der Waals surface area (Å²) >= 11 is 0. The number of aliphatic hydroxyl groups is 1. The summed E-state index contributed by atoms with van der Waals surface area (Å²) in [6.45, 7) is 8.29. The van der Waals surface area contributed by atoms with Gasteiger partial charge in [-0.05, 0) is 31.1 Å². The van der Waals surface area contributed by atoms with Crippen molar-refractivity contribution in [3.63, 3.8) is 0 Å². The number of amides is 1. The minimum absolute atomic E-state index is 0.0526. The molecule has 4 nitrogen and oxygen atoms in total. The molecule has 1 aliphatic carbocycles. The number of hydrogen-bond donors (Lipinski definition) is 2. The Labute approximate surface area is 129 Å². The van der Waals surface area contributed by atoms with Crippen LogP contribution in [0.1, 0.15) is 65.7 Å². The second-order valence-corrected chi connectivity index (χ2v) is 8.03. The predicted octanol–water partition coefficient (Wildman–Crippen LogP) is 2.31. The van der Waals surface area contributed by atoms with Gasteiger partial charge in [-0.25, -0.2) is 0 Å². The van der Waals surface area contributed by atoms with Crippen molar-refractivity contribution in [2.75, 3.05) is 13.1 Å². The lowest BCUT2D eigenvalue weighted by Gasteiger charge is -2.41. The zero-order valence-corrected chi connectivity index (χ0v) is 13.9. The number of piperidine rings is 1. The molecule has 1 heterocycles. The lowest BCUT2D eigenvalue weighted by Crippen LogP contribution is -2.52. The Morgan fingerprint density at radius 2 is 1.76 bits per heavy atom. The summed E-state index contributed by atoms with van der Waals surface area (Å²) in [5.41, 5.74) is 0.0526. The first-order valence-corrected chi connectivity index (χ1v) is 8.57. The van der Waals surface area contributed by atoms with Crippen molar-refractivity contribution in [3.05, 3.63) is 0 Å². The smallest absolute Gasteiger partial charge is 0.220 e. The summed E-state index contributed by atoms with van der Waals surface area (Å²) < 4.78 is 0. The third-order valence-electron chi connectivity index (χ3n) is 4.75. The van der Waals surface area contributed by atoms with Gasteiger partial charge in [-0.1, -0.05) is 33.6 Å². The fraction of sp³-hybridized carbons (Fsp3) is 0.941. The molecule has 0 radical (unpaired) electrons. The molecule has 1 aliphatic heterocycles. The van der Waals surface area contributed by atoms with Gasteiger partial charge in [0.25, 0.3) is 0 Å². The van der Waals surface area contributed by atoms with Crippen LogP contribution in [0, 0.1) is 5.41 Å². The van der Waals surface area contributed by atoms with Crippen LogP contribution in [-0.2, 0) is 4.79 Å². The Balaban J connectivity index is 1.74. The SMILES string of the molecule is CC(C)(C)CC(=O)NC1CCN(C2CCCCC2O)CC1. The van der Waals surface area contributed by atoms with Crippen LogP contribution in [0.15, 0.2) is 0 Å². The van der Waals surface area contributed by atoms with E-state index in [4.69, 9.17) is 0 Å². The lowest BCUT2D eigenvalue weighted by atomic mass is 9.89. The average molecular weight is 296 g/mol. The van der Waals surface area contributed by atoms with Gasteiger partial charge < -0.3 is 10.4 Å². The van der Waals surface area contributed by atoms with E-state index in [0.29, 0.717) is 18.5 Å². The molecule has 2 atom stereocenters. The fourth-order valence-corrected chi connectivity index (χ4v) is 3.65. The number of rotatable bonds is 3. The van der Waals surface area contributed by atoms with Crippen LogP contribution in [0.5, 0.6) is 0 Å². The number of carbonyl (C=O) groups excluding carboxylic acids is 1. The molecule has 2 N–H and O–H groups in total. The van der Waals surface area contributed by atoms with E-state index in [-0.39, 0.29) is 17.4 Å². The largest absolute Gasteiger partial charge is 0.391 e. The Morgan fingerprint density at radius 1 is 1.14 bits per heavy atom. The molecule has 0 aromatic heterocycles. The van der Waals surface area contributed by atoms with Gasteiger partial charge in [0.2, 0.25) is 5.91 Å². The van der Waals surface area contributed by atoms with Crippen LogP contribution in [0.2, 0.25) is 0 Å². The Bertz CT molecular complexity index is 343. The zero-order valence-electron chi connectivity index (χ0n) is 13.9. The molecule has 0 aromatic rings. The molecule has 0 bridgehead atoms. The minimum Gasteiger partial charge on any atom is -0.391 e. The van der Waals surface area contributed by atoms with Crippen LogP contribution in [0.25, 0.3) is 0 Å². The number of aliphatic hydroxyl groups excluding tert-OH is 1. The molecule has 4 heteroatoms. The molecule has 1 saturated carbocycles. The average Bonchev–Trinajstić information content (AvgIpc) is 2.38. The number of nitrogens with one attached hydrogen (secondary N) is 1. The van der Waals surface area contributed by atoms with Gasteiger partial charge in [0.15, 0.2) is 0 Å². The Hall–Kier alpha value is -0.610. The van der Waals surface area contributed by atoms with Gasteiger partial charge >= 0.3 is 0 Å². The molecular formula is C17H32N2O2. The van der Waals surface area contributed by atoms with Gasteiger partial charge in [-0.15, -0.1) is 0 Å². The molecule has 0 aromatic carbocycles. The molecule has 122 valence electrons. The van der Waals surface area contributed by atoms with E-state index < -0.39 is 0 Å². The third-order valence-corrected chi connectivity index (χ3v) is 4.75. The molecule has 2 fully saturated rings. The summed E-state index contributed by atoms with van der Waals surface area (Å²) in [6.07, 6.45) is 6.95. The summed E-state index contributed by atoms with van der Waals surface area (Å²) in [7, 11) is 0. The van der Waals surface area contributed by atoms with Crippen LogP contribution in [0.3, 0.4) is 0 Å². The molecule has 2 unspecified atom stereocenters. The van der Waals surface area contributed by atoms with Crippen molar-refractivity contribution in [1.29, 1.82) is 0 Å². The zero-order chi connectivity index (χ0) is 15.5. The van der Waals surface area contributed by atoms with E-state index in [9.17, 15) is 9.90 Å². The first-order chi connectivity index (χ1) is 9.85. The molecular weight excluding hydrogens is 264 g/mol. The first kappa shape index (κ1) is 16.8. The Morgan fingerprint density at radius 3 is 2.33 bits per heavy atom. The highest BCUT2D eigenvalue weighted by molar-refractivity contribution is 5.76. The standard InChI is InChI=1S/C17H32N2O2/c1-17(2,3)12-16(21)18-13-8-10-19(11-9-13)14-6-4-5-7-15(14)20/h13-15,20H,4-12H2,1-3H3,(H,18,21). The normalized spacial score (nSPS) is 29.3. The molecule has 21 heavy (non-hydrogen) atoms. The van der Waals surface area contributed by atoms with E-state index in [1.165, 1.54) is 6.42 Å². The number of likely N-dealkylation sites (tertiary alicyclic amines) is 1. The summed E-state index contributed by atoms with van der Waals surface area (Å²) in [5.74, 6) is 0.179. The lowest BCUT2D eigenvalue weighted by molar-refractivity contribution is -0.124. The predicted molar refractivity (Wildman–Crippen MR) is 85.1 cm³/mol. The minimum atomic E-state index is -0.147. The van der Waals surface area contributed by atoms with E-state index in [0.717, 1.165) is 45.2 Å². The maximum Gasteiger partial charge on any atom is 0.220 e. The molecule has 1 amide bonds. The van der Waals surface area contributed by atoms with Gasteiger partial charge in [-0.3, -0.25) is 9.69 Å². The highest BCUT2D eigenvalue weighted by Crippen LogP contribution is 2.26. The first-order valence-electron chi connectivity index (χ1n) is 8.57. The van der Waals surface area contributed by atoms with Crippen molar-refractivity contribution < 1.29 is 9.90 Å².